The van der Waals surface area contributed by atoms with Gasteiger partial charge in [0.2, 0.25) is 0 Å². The average molecular weight is 235 g/mol. The number of anilines is 2. The van der Waals surface area contributed by atoms with Gasteiger partial charge in [-0.2, -0.15) is 0 Å². The number of nitrogens with zero attached hydrogens (tertiary/aromatic N) is 4. The Morgan fingerprint density at radius 2 is 2.00 bits per heavy atom. The van der Waals surface area contributed by atoms with Crippen LogP contribution in [-0.4, -0.2) is 50.2 Å². The van der Waals surface area contributed by atoms with Gasteiger partial charge in [-0.15, -0.1) is 0 Å². The van der Waals surface area contributed by atoms with Gasteiger partial charge in [0.05, 0.1) is 0 Å². The van der Waals surface area contributed by atoms with E-state index in [9.17, 15) is 0 Å². The van der Waals surface area contributed by atoms with Crippen molar-refractivity contribution in [3.05, 3.63) is 12.4 Å². The van der Waals surface area contributed by atoms with Crippen molar-refractivity contribution in [3.63, 3.8) is 0 Å². The van der Waals surface area contributed by atoms with Crippen LogP contribution in [0.5, 0.6) is 0 Å². The van der Waals surface area contributed by atoms with Crippen LogP contribution in [0.15, 0.2) is 12.4 Å². The van der Waals surface area contributed by atoms with Crippen molar-refractivity contribution in [2.75, 3.05) is 44.0 Å². The topological polar surface area (TPSA) is 44.3 Å². The number of hydrogen-bond acceptors (Lipinski definition) is 5. The van der Waals surface area contributed by atoms with Gasteiger partial charge in [-0.3, -0.25) is 0 Å². The second kappa shape index (κ2) is 5.31. The SMILES string of the molecule is CNC1CCN(c2cc(N(C)C)ncn2)CC1. The smallest absolute Gasteiger partial charge is 0.134 e. The number of hydrogen-bond donors (Lipinski definition) is 1. The highest BCUT2D eigenvalue weighted by Crippen LogP contribution is 2.20. The Morgan fingerprint density at radius 1 is 1.29 bits per heavy atom. The molecular weight excluding hydrogens is 214 g/mol. The molecule has 17 heavy (non-hydrogen) atoms. The fourth-order valence-electron chi connectivity index (χ4n) is 2.15. The highest BCUT2D eigenvalue weighted by molar-refractivity contribution is 5.49. The summed E-state index contributed by atoms with van der Waals surface area (Å²) in [6.45, 7) is 2.13. The van der Waals surface area contributed by atoms with E-state index in [0.717, 1.165) is 24.7 Å². The van der Waals surface area contributed by atoms with Crippen LogP contribution in [0, 0.1) is 0 Å². The molecular formula is C12H21N5. The molecule has 5 heteroatoms. The Bertz CT molecular complexity index is 358. The predicted octanol–water partition coefficient (Wildman–Crippen LogP) is 0.731. The monoisotopic (exact) mass is 235 g/mol. The van der Waals surface area contributed by atoms with Crippen LogP contribution in [0.4, 0.5) is 11.6 Å². The molecule has 0 unspecified atom stereocenters. The van der Waals surface area contributed by atoms with E-state index >= 15 is 0 Å². The second-order valence-electron chi connectivity index (χ2n) is 4.68. The van der Waals surface area contributed by atoms with Crippen molar-refractivity contribution < 1.29 is 0 Å². The van der Waals surface area contributed by atoms with Gasteiger partial charge < -0.3 is 15.1 Å². The molecule has 1 aliphatic rings. The van der Waals surface area contributed by atoms with Gasteiger partial charge in [0.15, 0.2) is 0 Å². The zero-order valence-electron chi connectivity index (χ0n) is 10.8. The van der Waals surface area contributed by atoms with Crippen LogP contribution >= 0.6 is 0 Å². The van der Waals surface area contributed by atoms with E-state index in [1.807, 2.05) is 26.0 Å². The van der Waals surface area contributed by atoms with E-state index in [1.54, 1.807) is 6.33 Å². The maximum atomic E-state index is 4.36. The van der Waals surface area contributed by atoms with E-state index in [0.29, 0.717) is 6.04 Å². The lowest BCUT2D eigenvalue weighted by Gasteiger charge is -2.32. The van der Waals surface area contributed by atoms with Crippen molar-refractivity contribution in [2.45, 2.75) is 18.9 Å². The molecule has 0 amide bonds. The third kappa shape index (κ3) is 2.85. The van der Waals surface area contributed by atoms with Gasteiger partial charge in [0, 0.05) is 39.3 Å². The molecule has 0 radical (unpaired) electrons. The summed E-state index contributed by atoms with van der Waals surface area (Å²) in [7, 11) is 6.04. The lowest BCUT2D eigenvalue weighted by Crippen LogP contribution is -2.41. The van der Waals surface area contributed by atoms with Crippen LogP contribution in [0.25, 0.3) is 0 Å². The Kier molecular flexibility index (Phi) is 3.78. The van der Waals surface area contributed by atoms with E-state index < -0.39 is 0 Å². The standard InChI is InChI=1S/C12H21N5/c1-13-10-4-6-17(7-5-10)12-8-11(16(2)3)14-9-15-12/h8-10,13H,4-7H2,1-3H3. The third-order valence-electron chi connectivity index (χ3n) is 3.32. The Balaban J connectivity index is 2.05. The van der Waals surface area contributed by atoms with Crippen LogP contribution < -0.4 is 15.1 Å². The number of rotatable bonds is 3. The van der Waals surface area contributed by atoms with Crippen LogP contribution in [-0.2, 0) is 0 Å². The molecule has 5 nitrogen and oxygen atoms in total. The van der Waals surface area contributed by atoms with E-state index in [1.165, 1.54) is 12.8 Å². The summed E-state index contributed by atoms with van der Waals surface area (Å²) in [6.07, 6.45) is 4.00. The molecule has 0 aromatic carbocycles. The minimum atomic E-state index is 0.654. The van der Waals surface area contributed by atoms with Gasteiger partial charge in [0.1, 0.15) is 18.0 Å². The summed E-state index contributed by atoms with van der Waals surface area (Å²) in [6, 6.07) is 2.71. The molecule has 0 aliphatic carbocycles. The molecule has 1 fully saturated rings. The number of piperidine rings is 1. The molecule has 1 saturated heterocycles. The first kappa shape index (κ1) is 12.1. The summed E-state index contributed by atoms with van der Waals surface area (Å²) in [5.74, 6) is 2.00. The first-order chi connectivity index (χ1) is 8.20. The summed E-state index contributed by atoms with van der Waals surface area (Å²) < 4.78 is 0. The first-order valence-corrected chi connectivity index (χ1v) is 6.12. The van der Waals surface area contributed by atoms with E-state index in [4.69, 9.17) is 0 Å². The normalized spacial score (nSPS) is 17.2. The summed E-state index contributed by atoms with van der Waals surface area (Å²) in [4.78, 5) is 12.9. The van der Waals surface area contributed by atoms with Crippen molar-refractivity contribution in [1.82, 2.24) is 15.3 Å². The molecule has 2 rings (SSSR count). The minimum Gasteiger partial charge on any atom is -0.363 e. The lowest BCUT2D eigenvalue weighted by molar-refractivity contribution is 0.440. The molecule has 94 valence electrons. The number of nitrogens with one attached hydrogen (secondary N) is 1. The molecule has 1 N–H and O–H groups in total. The average Bonchev–Trinajstić information content (AvgIpc) is 2.39. The van der Waals surface area contributed by atoms with Crippen molar-refractivity contribution in [1.29, 1.82) is 0 Å². The largest absolute Gasteiger partial charge is 0.363 e. The lowest BCUT2D eigenvalue weighted by atomic mass is 10.1. The maximum absolute atomic E-state index is 4.36. The van der Waals surface area contributed by atoms with Gasteiger partial charge in [-0.05, 0) is 19.9 Å². The molecule has 1 aromatic heterocycles. The van der Waals surface area contributed by atoms with Crippen molar-refractivity contribution in [3.8, 4) is 0 Å². The minimum absolute atomic E-state index is 0.654. The Labute approximate surface area is 103 Å². The maximum Gasteiger partial charge on any atom is 0.134 e. The van der Waals surface area contributed by atoms with Gasteiger partial charge in [-0.25, -0.2) is 9.97 Å². The molecule has 0 spiro atoms. The zero-order valence-corrected chi connectivity index (χ0v) is 10.8. The fourth-order valence-corrected chi connectivity index (χ4v) is 2.15. The molecule has 1 aliphatic heterocycles. The molecule has 0 bridgehead atoms. The zero-order chi connectivity index (χ0) is 12.3. The molecule has 0 saturated carbocycles. The second-order valence-corrected chi connectivity index (χ2v) is 4.68. The van der Waals surface area contributed by atoms with Crippen molar-refractivity contribution in [2.24, 2.45) is 0 Å². The quantitative estimate of drug-likeness (QED) is 0.837. The van der Waals surface area contributed by atoms with Crippen LogP contribution in [0.2, 0.25) is 0 Å². The summed E-state index contributed by atoms with van der Waals surface area (Å²) >= 11 is 0. The van der Waals surface area contributed by atoms with Crippen molar-refractivity contribution >= 4 is 11.6 Å². The third-order valence-corrected chi connectivity index (χ3v) is 3.32. The predicted molar refractivity (Wildman–Crippen MR) is 70.7 cm³/mol. The molecule has 0 atom stereocenters. The van der Waals surface area contributed by atoms with E-state index in [2.05, 4.69) is 26.3 Å². The highest BCUT2D eigenvalue weighted by atomic mass is 15.2. The fraction of sp³-hybridized carbons (Fsp3) is 0.667. The highest BCUT2D eigenvalue weighted by Gasteiger charge is 2.19. The summed E-state index contributed by atoms with van der Waals surface area (Å²) in [5, 5.41) is 3.34. The summed E-state index contributed by atoms with van der Waals surface area (Å²) in [5.41, 5.74) is 0. The van der Waals surface area contributed by atoms with Gasteiger partial charge >= 0.3 is 0 Å². The van der Waals surface area contributed by atoms with Gasteiger partial charge in [0.25, 0.3) is 0 Å². The van der Waals surface area contributed by atoms with Crippen LogP contribution in [0.1, 0.15) is 12.8 Å². The van der Waals surface area contributed by atoms with Crippen LogP contribution in [0.3, 0.4) is 0 Å². The Hall–Kier alpha value is -1.36. The Morgan fingerprint density at radius 3 is 2.59 bits per heavy atom. The van der Waals surface area contributed by atoms with E-state index in [-0.39, 0.29) is 0 Å². The van der Waals surface area contributed by atoms with Gasteiger partial charge in [-0.1, -0.05) is 0 Å². The number of aromatic nitrogens is 2. The first-order valence-electron chi connectivity index (χ1n) is 6.12. The molecule has 2 heterocycles. The molecule has 1 aromatic rings.